The van der Waals surface area contributed by atoms with E-state index in [4.69, 9.17) is 21.1 Å². The number of anilines is 1. The molecule has 1 aliphatic rings. The quantitative estimate of drug-likeness (QED) is 0.829. The molecule has 0 radical (unpaired) electrons. The molecular formula is C15H14ClNO3S. The van der Waals surface area contributed by atoms with Crippen molar-refractivity contribution in [1.82, 2.24) is 0 Å². The standard InChI is InChI=1S/C15H14ClNO3S/c16-13-6-10(3-4-14(13)20-9-11-8-19-11)17-15(18)7-12-2-1-5-21-12/h1-6,11H,7-9H2,(H,17,18). The Labute approximate surface area is 131 Å². The molecule has 1 aromatic carbocycles. The lowest BCUT2D eigenvalue weighted by molar-refractivity contribution is -0.115. The molecule has 21 heavy (non-hydrogen) atoms. The Morgan fingerprint density at radius 1 is 1.48 bits per heavy atom. The van der Waals surface area contributed by atoms with Gasteiger partial charge in [-0.1, -0.05) is 17.7 Å². The first-order chi connectivity index (χ1) is 10.2. The smallest absolute Gasteiger partial charge is 0.229 e. The van der Waals surface area contributed by atoms with Crippen molar-refractivity contribution in [1.29, 1.82) is 0 Å². The van der Waals surface area contributed by atoms with Crippen LogP contribution in [-0.2, 0) is 16.0 Å². The normalized spacial score (nSPS) is 16.5. The number of carbonyl (C=O) groups is 1. The fraction of sp³-hybridized carbons (Fsp3) is 0.267. The molecule has 2 aromatic rings. The second kappa shape index (κ2) is 6.47. The topological polar surface area (TPSA) is 50.9 Å². The number of rotatable bonds is 6. The first kappa shape index (κ1) is 14.4. The molecule has 1 aliphatic heterocycles. The van der Waals surface area contributed by atoms with Crippen LogP contribution in [0.4, 0.5) is 5.69 Å². The highest BCUT2D eigenvalue weighted by atomic mass is 35.5. The lowest BCUT2D eigenvalue weighted by Crippen LogP contribution is -2.13. The van der Waals surface area contributed by atoms with Crippen molar-refractivity contribution in [2.45, 2.75) is 12.5 Å². The number of hydrogen-bond acceptors (Lipinski definition) is 4. The predicted molar refractivity (Wildman–Crippen MR) is 83.3 cm³/mol. The summed E-state index contributed by atoms with van der Waals surface area (Å²) >= 11 is 7.71. The van der Waals surface area contributed by atoms with Crippen LogP contribution in [0.2, 0.25) is 5.02 Å². The maximum absolute atomic E-state index is 11.9. The maximum Gasteiger partial charge on any atom is 0.229 e. The van der Waals surface area contributed by atoms with Gasteiger partial charge in [-0.05, 0) is 29.6 Å². The van der Waals surface area contributed by atoms with Gasteiger partial charge in [0.05, 0.1) is 18.1 Å². The van der Waals surface area contributed by atoms with Gasteiger partial charge in [0, 0.05) is 10.6 Å². The third kappa shape index (κ3) is 4.20. The monoisotopic (exact) mass is 323 g/mol. The molecule has 1 aromatic heterocycles. The number of halogens is 1. The molecule has 1 amide bonds. The lowest BCUT2D eigenvalue weighted by atomic mass is 10.2. The number of thiophene rings is 1. The zero-order chi connectivity index (χ0) is 14.7. The Bertz CT molecular complexity index is 626. The molecule has 0 spiro atoms. The van der Waals surface area contributed by atoms with E-state index in [1.54, 1.807) is 29.5 Å². The molecular weight excluding hydrogens is 310 g/mol. The molecule has 1 N–H and O–H groups in total. The number of epoxide rings is 1. The Balaban J connectivity index is 1.57. The van der Waals surface area contributed by atoms with Crippen LogP contribution < -0.4 is 10.1 Å². The molecule has 1 unspecified atom stereocenters. The first-order valence-corrected chi connectivity index (χ1v) is 7.82. The van der Waals surface area contributed by atoms with E-state index in [0.717, 1.165) is 11.5 Å². The van der Waals surface area contributed by atoms with Gasteiger partial charge < -0.3 is 14.8 Å². The number of amides is 1. The SMILES string of the molecule is O=C(Cc1cccs1)Nc1ccc(OCC2CO2)c(Cl)c1. The molecule has 0 saturated carbocycles. The van der Waals surface area contributed by atoms with Crippen LogP contribution >= 0.6 is 22.9 Å². The molecule has 4 nitrogen and oxygen atoms in total. The fourth-order valence-corrected chi connectivity index (χ4v) is 2.76. The Morgan fingerprint density at radius 2 is 2.33 bits per heavy atom. The largest absolute Gasteiger partial charge is 0.489 e. The van der Waals surface area contributed by atoms with E-state index in [1.807, 2.05) is 17.5 Å². The molecule has 0 aliphatic carbocycles. The van der Waals surface area contributed by atoms with Gasteiger partial charge in [-0.15, -0.1) is 11.3 Å². The van der Waals surface area contributed by atoms with Gasteiger partial charge in [0.2, 0.25) is 5.91 Å². The van der Waals surface area contributed by atoms with Crippen molar-refractivity contribution in [3.05, 3.63) is 45.6 Å². The second-order valence-corrected chi connectivity index (χ2v) is 6.16. The van der Waals surface area contributed by atoms with E-state index >= 15 is 0 Å². The third-order valence-electron chi connectivity index (χ3n) is 2.96. The van der Waals surface area contributed by atoms with Crippen LogP contribution in [0.5, 0.6) is 5.75 Å². The van der Waals surface area contributed by atoms with E-state index in [2.05, 4.69) is 5.32 Å². The summed E-state index contributed by atoms with van der Waals surface area (Å²) in [5.74, 6) is 0.539. The minimum absolute atomic E-state index is 0.0615. The Kier molecular flexibility index (Phi) is 4.43. The first-order valence-electron chi connectivity index (χ1n) is 6.57. The van der Waals surface area contributed by atoms with Crippen LogP contribution in [-0.4, -0.2) is 25.2 Å². The summed E-state index contributed by atoms with van der Waals surface area (Å²) in [5.41, 5.74) is 0.663. The van der Waals surface area contributed by atoms with E-state index < -0.39 is 0 Å². The van der Waals surface area contributed by atoms with Gasteiger partial charge in [0.25, 0.3) is 0 Å². The molecule has 6 heteroatoms. The third-order valence-corrected chi connectivity index (χ3v) is 4.13. The highest BCUT2D eigenvalue weighted by Gasteiger charge is 2.23. The minimum atomic E-state index is -0.0615. The number of hydrogen-bond donors (Lipinski definition) is 1. The molecule has 2 heterocycles. The summed E-state index contributed by atoms with van der Waals surface area (Å²) in [6.07, 6.45) is 0.554. The van der Waals surface area contributed by atoms with Gasteiger partial charge in [-0.25, -0.2) is 0 Å². The maximum atomic E-state index is 11.9. The van der Waals surface area contributed by atoms with E-state index in [9.17, 15) is 4.79 Å². The van der Waals surface area contributed by atoms with Crippen LogP contribution in [0.1, 0.15) is 4.88 Å². The molecule has 1 fully saturated rings. The van der Waals surface area contributed by atoms with Crippen LogP contribution in [0.25, 0.3) is 0 Å². The molecule has 0 bridgehead atoms. The van der Waals surface area contributed by atoms with Gasteiger partial charge >= 0.3 is 0 Å². The van der Waals surface area contributed by atoms with Crippen molar-refractivity contribution in [2.75, 3.05) is 18.5 Å². The van der Waals surface area contributed by atoms with Crippen LogP contribution in [0.3, 0.4) is 0 Å². The molecule has 3 rings (SSSR count). The minimum Gasteiger partial charge on any atom is -0.489 e. The zero-order valence-electron chi connectivity index (χ0n) is 11.2. The lowest BCUT2D eigenvalue weighted by Gasteiger charge is -2.09. The van der Waals surface area contributed by atoms with Crippen molar-refractivity contribution < 1.29 is 14.3 Å². The summed E-state index contributed by atoms with van der Waals surface area (Å²) in [6, 6.07) is 9.09. The van der Waals surface area contributed by atoms with Gasteiger partial charge in [-0.2, -0.15) is 0 Å². The summed E-state index contributed by atoms with van der Waals surface area (Å²) < 4.78 is 10.6. The zero-order valence-corrected chi connectivity index (χ0v) is 12.7. The number of benzene rings is 1. The van der Waals surface area contributed by atoms with Crippen molar-refractivity contribution in [3.8, 4) is 5.75 Å². The number of carbonyl (C=O) groups excluding carboxylic acids is 1. The predicted octanol–water partition coefficient (Wildman–Crippen LogP) is 3.36. The van der Waals surface area contributed by atoms with Crippen molar-refractivity contribution in [2.24, 2.45) is 0 Å². The van der Waals surface area contributed by atoms with Gasteiger partial charge in [0.1, 0.15) is 18.5 Å². The number of ether oxygens (including phenoxy) is 2. The van der Waals surface area contributed by atoms with Crippen LogP contribution in [0, 0.1) is 0 Å². The summed E-state index contributed by atoms with van der Waals surface area (Å²) in [4.78, 5) is 12.9. The second-order valence-electron chi connectivity index (χ2n) is 4.72. The number of nitrogens with one attached hydrogen (secondary N) is 1. The Morgan fingerprint density at radius 3 is 3.00 bits per heavy atom. The Hall–Kier alpha value is -1.56. The summed E-state index contributed by atoms with van der Waals surface area (Å²) in [5, 5.41) is 5.26. The summed E-state index contributed by atoms with van der Waals surface area (Å²) in [7, 11) is 0. The molecule has 1 saturated heterocycles. The van der Waals surface area contributed by atoms with Crippen molar-refractivity contribution in [3.63, 3.8) is 0 Å². The van der Waals surface area contributed by atoms with E-state index in [-0.39, 0.29) is 12.0 Å². The average Bonchev–Trinajstić information content (AvgIpc) is 3.14. The molecule has 1 atom stereocenters. The highest BCUT2D eigenvalue weighted by Crippen LogP contribution is 2.28. The van der Waals surface area contributed by atoms with Gasteiger partial charge in [-0.3, -0.25) is 4.79 Å². The van der Waals surface area contributed by atoms with Crippen LogP contribution in [0.15, 0.2) is 35.7 Å². The fourth-order valence-electron chi connectivity index (χ4n) is 1.82. The van der Waals surface area contributed by atoms with E-state index in [0.29, 0.717) is 29.5 Å². The summed E-state index contributed by atoms with van der Waals surface area (Å²) in [6.45, 7) is 1.25. The molecule has 110 valence electrons. The van der Waals surface area contributed by atoms with E-state index in [1.165, 1.54) is 0 Å². The highest BCUT2D eigenvalue weighted by molar-refractivity contribution is 7.10. The van der Waals surface area contributed by atoms with Gasteiger partial charge in [0.15, 0.2) is 0 Å². The van der Waals surface area contributed by atoms with Crippen molar-refractivity contribution >= 4 is 34.5 Å². The average molecular weight is 324 g/mol.